The molecule has 1 aromatic heterocycles. The zero-order chi connectivity index (χ0) is 12.9. The molecule has 0 spiro atoms. The number of nitrogens with two attached hydrogens (primary N) is 1. The minimum atomic E-state index is -4.41. The Hall–Kier alpha value is -1.25. The fourth-order valence-corrected chi connectivity index (χ4v) is 0.907. The largest absolute Gasteiger partial charge is 0.468 e. The molecule has 0 aliphatic rings. The van der Waals surface area contributed by atoms with Crippen molar-refractivity contribution < 1.29 is 22.7 Å². The van der Waals surface area contributed by atoms with Crippen LogP contribution in [0.4, 0.5) is 18.9 Å². The van der Waals surface area contributed by atoms with Crippen molar-refractivity contribution in [3.05, 3.63) is 18.3 Å². The minimum Gasteiger partial charge on any atom is -0.468 e. The normalized spacial score (nSPS) is 9.89. The zero-order valence-electron chi connectivity index (χ0n) is 9.44. The standard InChI is InChI=1S/C9H10F3N3O2.2ClH/c10-9(11,12)5-17-8-2-1-6(4-14-8)15-7(16)3-13;;/h1-2,4H,3,5,13H2,(H,15,16);2*1H. The summed E-state index contributed by atoms with van der Waals surface area (Å²) in [6.07, 6.45) is -3.23. The molecule has 0 atom stereocenters. The molecule has 0 saturated heterocycles. The molecular formula is C9H12Cl2F3N3O2. The molecule has 0 fully saturated rings. The lowest BCUT2D eigenvalue weighted by Gasteiger charge is -2.08. The zero-order valence-corrected chi connectivity index (χ0v) is 11.1. The third-order valence-electron chi connectivity index (χ3n) is 1.59. The number of alkyl halides is 3. The van der Waals surface area contributed by atoms with Gasteiger partial charge in [-0.25, -0.2) is 4.98 Å². The Morgan fingerprint density at radius 2 is 2.00 bits per heavy atom. The summed E-state index contributed by atoms with van der Waals surface area (Å²) in [5.74, 6) is -0.594. The number of hydrogen-bond donors (Lipinski definition) is 2. The summed E-state index contributed by atoms with van der Waals surface area (Å²) in [6.45, 7) is -1.60. The lowest BCUT2D eigenvalue weighted by atomic mass is 10.4. The second kappa shape index (κ2) is 8.78. The molecule has 110 valence electrons. The molecule has 5 nitrogen and oxygen atoms in total. The van der Waals surface area contributed by atoms with Crippen molar-refractivity contribution in [1.82, 2.24) is 4.98 Å². The number of hydrogen-bond acceptors (Lipinski definition) is 4. The van der Waals surface area contributed by atoms with Crippen molar-refractivity contribution in [2.75, 3.05) is 18.5 Å². The van der Waals surface area contributed by atoms with Gasteiger partial charge < -0.3 is 15.8 Å². The van der Waals surface area contributed by atoms with Gasteiger partial charge >= 0.3 is 6.18 Å². The minimum absolute atomic E-state index is 0. The molecule has 1 aromatic rings. The highest BCUT2D eigenvalue weighted by molar-refractivity contribution is 5.91. The first-order chi connectivity index (χ1) is 7.90. The fourth-order valence-electron chi connectivity index (χ4n) is 0.907. The predicted octanol–water partition coefficient (Wildman–Crippen LogP) is 1.76. The third kappa shape index (κ3) is 8.46. The Balaban J connectivity index is 0. The number of anilines is 1. The van der Waals surface area contributed by atoms with Crippen molar-refractivity contribution in [3.63, 3.8) is 0 Å². The van der Waals surface area contributed by atoms with E-state index in [1.807, 2.05) is 0 Å². The highest BCUT2D eigenvalue weighted by atomic mass is 35.5. The summed E-state index contributed by atoms with van der Waals surface area (Å²) < 4.78 is 39.8. The highest BCUT2D eigenvalue weighted by Crippen LogP contribution is 2.17. The first kappa shape index (κ1) is 20.1. The molecule has 0 saturated carbocycles. The summed E-state index contributed by atoms with van der Waals surface area (Å²) in [7, 11) is 0. The second-order valence-corrected chi connectivity index (χ2v) is 3.04. The van der Waals surface area contributed by atoms with Gasteiger partial charge in [0.1, 0.15) is 0 Å². The van der Waals surface area contributed by atoms with Crippen LogP contribution in [0.3, 0.4) is 0 Å². The Morgan fingerprint density at radius 3 is 2.42 bits per heavy atom. The molecule has 0 unspecified atom stereocenters. The maximum absolute atomic E-state index is 11.8. The smallest absolute Gasteiger partial charge is 0.422 e. The van der Waals surface area contributed by atoms with Crippen LogP contribution in [0.2, 0.25) is 0 Å². The summed E-state index contributed by atoms with van der Waals surface area (Å²) in [5.41, 5.74) is 5.40. The molecule has 1 heterocycles. The van der Waals surface area contributed by atoms with E-state index in [2.05, 4.69) is 15.0 Å². The van der Waals surface area contributed by atoms with Gasteiger partial charge in [-0.15, -0.1) is 24.8 Å². The van der Waals surface area contributed by atoms with Gasteiger partial charge in [-0.05, 0) is 6.07 Å². The van der Waals surface area contributed by atoms with Crippen molar-refractivity contribution in [2.24, 2.45) is 5.73 Å². The van der Waals surface area contributed by atoms with Crippen LogP contribution in [0.5, 0.6) is 5.88 Å². The van der Waals surface area contributed by atoms with Gasteiger partial charge in [0.2, 0.25) is 11.8 Å². The van der Waals surface area contributed by atoms with Crippen molar-refractivity contribution in [3.8, 4) is 5.88 Å². The number of nitrogens with zero attached hydrogens (tertiary/aromatic N) is 1. The average molecular weight is 322 g/mol. The van der Waals surface area contributed by atoms with Gasteiger partial charge in [0.15, 0.2) is 6.61 Å². The molecular weight excluding hydrogens is 310 g/mol. The third-order valence-corrected chi connectivity index (χ3v) is 1.59. The number of carbonyl (C=O) groups is 1. The van der Waals surface area contributed by atoms with Crippen LogP contribution in [0.1, 0.15) is 0 Å². The van der Waals surface area contributed by atoms with E-state index in [4.69, 9.17) is 5.73 Å². The van der Waals surface area contributed by atoms with Crippen LogP contribution in [-0.2, 0) is 4.79 Å². The Bertz CT molecular complexity index is 387. The van der Waals surface area contributed by atoms with Gasteiger partial charge in [-0.3, -0.25) is 4.79 Å². The van der Waals surface area contributed by atoms with Crippen LogP contribution in [0.25, 0.3) is 0 Å². The number of halogens is 5. The molecule has 0 aliphatic carbocycles. The van der Waals surface area contributed by atoms with E-state index in [0.717, 1.165) is 0 Å². The van der Waals surface area contributed by atoms with Gasteiger partial charge in [-0.1, -0.05) is 0 Å². The molecule has 0 aromatic carbocycles. The maximum Gasteiger partial charge on any atom is 0.422 e. The molecule has 1 rings (SSSR count). The van der Waals surface area contributed by atoms with E-state index in [1.165, 1.54) is 18.3 Å². The van der Waals surface area contributed by atoms with Gasteiger partial charge in [0.05, 0.1) is 18.4 Å². The topological polar surface area (TPSA) is 77.2 Å². The number of ether oxygens (including phenoxy) is 1. The van der Waals surface area contributed by atoms with E-state index < -0.39 is 18.7 Å². The number of nitrogens with one attached hydrogen (secondary N) is 1. The number of rotatable bonds is 4. The number of pyridine rings is 1. The van der Waals surface area contributed by atoms with Crippen LogP contribution >= 0.6 is 24.8 Å². The average Bonchev–Trinajstić information content (AvgIpc) is 2.27. The van der Waals surface area contributed by atoms with E-state index in [1.54, 1.807) is 0 Å². The van der Waals surface area contributed by atoms with Crippen LogP contribution in [0.15, 0.2) is 18.3 Å². The molecule has 19 heavy (non-hydrogen) atoms. The Labute approximate surface area is 119 Å². The molecule has 0 aliphatic heterocycles. The summed E-state index contributed by atoms with van der Waals surface area (Å²) in [4.78, 5) is 14.5. The van der Waals surface area contributed by atoms with Crippen LogP contribution in [-0.4, -0.2) is 30.2 Å². The molecule has 0 bridgehead atoms. The van der Waals surface area contributed by atoms with Crippen molar-refractivity contribution in [1.29, 1.82) is 0 Å². The summed E-state index contributed by atoms with van der Waals surface area (Å²) >= 11 is 0. The van der Waals surface area contributed by atoms with Crippen molar-refractivity contribution in [2.45, 2.75) is 6.18 Å². The van der Waals surface area contributed by atoms with Crippen LogP contribution < -0.4 is 15.8 Å². The van der Waals surface area contributed by atoms with Gasteiger partial charge in [0, 0.05) is 6.07 Å². The first-order valence-electron chi connectivity index (χ1n) is 4.56. The highest BCUT2D eigenvalue weighted by Gasteiger charge is 2.28. The summed E-state index contributed by atoms with van der Waals surface area (Å²) in [5, 5.41) is 2.39. The number of carbonyl (C=O) groups excluding carboxylic acids is 1. The quantitative estimate of drug-likeness (QED) is 0.886. The molecule has 0 radical (unpaired) electrons. The van der Waals surface area contributed by atoms with E-state index >= 15 is 0 Å². The first-order valence-corrected chi connectivity index (χ1v) is 4.56. The SMILES string of the molecule is Cl.Cl.NCC(=O)Nc1ccc(OCC(F)(F)F)nc1. The number of amides is 1. The monoisotopic (exact) mass is 321 g/mol. The fraction of sp³-hybridized carbons (Fsp3) is 0.333. The van der Waals surface area contributed by atoms with Gasteiger partial charge in [0.25, 0.3) is 0 Å². The van der Waals surface area contributed by atoms with E-state index in [-0.39, 0.29) is 37.2 Å². The van der Waals surface area contributed by atoms with E-state index in [0.29, 0.717) is 5.69 Å². The lowest BCUT2D eigenvalue weighted by molar-refractivity contribution is -0.154. The Kier molecular flexibility index (Phi) is 9.28. The summed E-state index contributed by atoms with van der Waals surface area (Å²) in [6, 6.07) is 2.59. The number of aromatic nitrogens is 1. The maximum atomic E-state index is 11.8. The second-order valence-electron chi connectivity index (χ2n) is 3.04. The van der Waals surface area contributed by atoms with Gasteiger partial charge in [-0.2, -0.15) is 13.2 Å². The molecule has 3 N–H and O–H groups in total. The molecule has 1 amide bonds. The van der Waals surface area contributed by atoms with Crippen molar-refractivity contribution >= 4 is 36.4 Å². The van der Waals surface area contributed by atoms with Crippen LogP contribution in [0, 0.1) is 0 Å². The lowest BCUT2D eigenvalue weighted by Crippen LogP contribution is -2.22. The van der Waals surface area contributed by atoms with E-state index in [9.17, 15) is 18.0 Å². The molecule has 10 heteroatoms. The Morgan fingerprint density at radius 1 is 1.37 bits per heavy atom. The predicted molar refractivity (Wildman–Crippen MR) is 68.0 cm³/mol.